The van der Waals surface area contributed by atoms with Crippen LogP contribution in [-0.4, -0.2) is 10.4 Å². The van der Waals surface area contributed by atoms with Gasteiger partial charge in [-0.1, -0.05) is 39.4 Å². The maximum Gasteiger partial charge on any atom is 0.132 e. The van der Waals surface area contributed by atoms with Crippen LogP contribution in [0.4, 0.5) is 0 Å². The Kier molecular flexibility index (Phi) is 4.14. The van der Waals surface area contributed by atoms with Gasteiger partial charge in [-0.15, -0.1) is 0 Å². The van der Waals surface area contributed by atoms with E-state index in [0.29, 0.717) is 10.6 Å². The summed E-state index contributed by atoms with van der Waals surface area (Å²) in [6.45, 7) is 0. The van der Waals surface area contributed by atoms with Crippen molar-refractivity contribution in [1.29, 1.82) is 0 Å². The predicted molar refractivity (Wildman–Crippen MR) is 58.4 cm³/mol. The summed E-state index contributed by atoms with van der Waals surface area (Å²) in [7, 11) is 0. The second-order valence-electron chi connectivity index (χ2n) is 2.40. The van der Waals surface area contributed by atoms with Crippen LogP contribution < -0.4 is 0 Å². The number of rotatable bonds is 1. The summed E-state index contributed by atoms with van der Waals surface area (Å²) in [5.74, 6) is 5.90. The molecule has 3 heteroatoms. The first-order valence-corrected chi connectivity index (χ1v) is 5.27. The number of benzene rings is 1. The van der Waals surface area contributed by atoms with Gasteiger partial charge in [0.25, 0.3) is 0 Å². The molecule has 0 atom stereocenters. The predicted octanol–water partition coefficient (Wildman–Crippen LogP) is 3.18. The maximum atomic E-state index is 9.39. The highest BCUT2D eigenvalue weighted by Gasteiger charge is 1.97. The maximum absolute atomic E-state index is 9.39. The number of aromatic hydroxyl groups is 1. The third-order valence-electron chi connectivity index (χ3n) is 1.40. The van der Waals surface area contributed by atoms with E-state index in [2.05, 4.69) is 27.8 Å². The zero-order chi connectivity index (χ0) is 9.68. The van der Waals surface area contributed by atoms with Crippen molar-refractivity contribution < 1.29 is 5.11 Å². The summed E-state index contributed by atoms with van der Waals surface area (Å²) in [4.78, 5) is 0. The van der Waals surface area contributed by atoms with Crippen LogP contribution in [0.25, 0.3) is 0 Å². The Labute approximate surface area is 90.9 Å². The number of alkyl halides is 1. The minimum absolute atomic E-state index is 0.134. The van der Waals surface area contributed by atoms with E-state index in [0.717, 1.165) is 11.8 Å². The Bertz CT molecular complexity index is 352. The smallest absolute Gasteiger partial charge is 0.132 e. The van der Waals surface area contributed by atoms with Gasteiger partial charge in [-0.3, -0.25) is 0 Å². The number of halogens is 2. The van der Waals surface area contributed by atoms with Crippen LogP contribution >= 0.6 is 27.5 Å². The molecule has 0 heterocycles. The van der Waals surface area contributed by atoms with Gasteiger partial charge in [0.1, 0.15) is 5.75 Å². The molecule has 1 N–H and O–H groups in total. The first-order valence-electron chi connectivity index (χ1n) is 3.77. The van der Waals surface area contributed by atoms with Gasteiger partial charge in [-0.2, -0.15) is 0 Å². The Balaban J connectivity index is 2.85. The van der Waals surface area contributed by atoms with E-state index in [1.54, 1.807) is 12.1 Å². The molecule has 1 rings (SSSR count). The summed E-state index contributed by atoms with van der Waals surface area (Å²) in [6.07, 6.45) is 0.766. The lowest BCUT2D eigenvalue weighted by Gasteiger charge is -1.95. The van der Waals surface area contributed by atoms with Gasteiger partial charge >= 0.3 is 0 Å². The second kappa shape index (κ2) is 5.16. The van der Waals surface area contributed by atoms with Crippen molar-refractivity contribution in [1.82, 2.24) is 0 Å². The van der Waals surface area contributed by atoms with E-state index < -0.39 is 0 Å². The van der Waals surface area contributed by atoms with E-state index in [4.69, 9.17) is 11.6 Å². The fourth-order valence-corrected chi connectivity index (χ4v) is 1.18. The summed E-state index contributed by atoms with van der Waals surface area (Å²) in [5.41, 5.74) is 0.616. The zero-order valence-corrected chi connectivity index (χ0v) is 9.19. The fraction of sp³-hybridized carbons (Fsp3) is 0.200. The van der Waals surface area contributed by atoms with Crippen molar-refractivity contribution in [3.8, 4) is 17.6 Å². The van der Waals surface area contributed by atoms with E-state index in [1.807, 2.05) is 0 Å². The van der Waals surface area contributed by atoms with Crippen LogP contribution in [0.3, 0.4) is 0 Å². The van der Waals surface area contributed by atoms with E-state index in [9.17, 15) is 5.11 Å². The number of phenols is 1. The molecule has 0 saturated carbocycles. The van der Waals surface area contributed by atoms with Crippen LogP contribution in [0.2, 0.25) is 5.02 Å². The first-order chi connectivity index (χ1) is 6.24. The molecule has 0 spiro atoms. The van der Waals surface area contributed by atoms with Gasteiger partial charge in [0.05, 0.1) is 5.56 Å². The molecule has 0 unspecified atom stereocenters. The Hall–Kier alpha value is -0.650. The van der Waals surface area contributed by atoms with Gasteiger partial charge in [0.15, 0.2) is 0 Å². The molecule has 0 amide bonds. The van der Waals surface area contributed by atoms with Crippen molar-refractivity contribution >= 4 is 27.5 Å². The molecule has 1 aromatic rings. The summed E-state index contributed by atoms with van der Waals surface area (Å²) in [5, 5.41) is 10.8. The second-order valence-corrected chi connectivity index (χ2v) is 3.63. The molecule has 0 bridgehead atoms. The minimum Gasteiger partial charge on any atom is -0.507 e. The largest absolute Gasteiger partial charge is 0.507 e. The molecule has 0 aliphatic heterocycles. The highest BCUT2D eigenvalue weighted by Crippen LogP contribution is 2.20. The first kappa shape index (κ1) is 10.4. The van der Waals surface area contributed by atoms with Gasteiger partial charge < -0.3 is 5.11 Å². The molecule has 0 aliphatic rings. The van der Waals surface area contributed by atoms with Crippen LogP contribution in [0.15, 0.2) is 18.2 Å². The average Bonchev–Trinajstić information content (AvgIpc) is 2.09. The van der Waals surface area contributed by atoms with Crippen molar-refractivity contribution in [2.24, 2.45) is 0 Å². The van der Waals surface area contributed by atoms with Crippen molar-refractivity contribution in [2.45, 2.75) is 6.42 Å². The third-order valence-corrected chi connectivity index (χ3v) is 2.03. The summed E-state index contributed by atoms with van der Waals surface area (Å²) in [6, 6.07) is 4.90. The van der Waals surface area contributed by atoms with E-state index in [-0.39, 0.29) is 5.75 Å². The van der Waals surface area contributed by atoms with Crippen LogP contribution in [0.1, 0.15) is 12.0 Å². The normalized spacial score (nSPS) is 9.08. The highest BCUT2D eigenvalue weighted by atomic mass is 79.9. The Morgan fingerprint density at radius 1 is 1.46 bits per heavy atom. The molecule has 0 aromatic heterocycles. The Morgan fingerprint density at radius 2 is 2.23 bits per heavy atom. The van der Waals surface area contributed by atoms with Gasteiger partial charge in [-0.25, -0.2) is 0 Å². The molecule has 0 fully saturated rings. The molecule has 13 heavy (non-hydrogen) atoms. The van der Waals surface area contributed by atoms with Crippen LogP contribution in [-0.2, 0) is 0 Å². The third kappa shape index (κ3) is 3.30. The molecule has 1 nitrogen and oxygen atoms in total. The standard InChI is InChI=1S/C10H8BrClO/c11-6-2-1-3-8-4-5-9(12)7-10(8)13/h4-5,7,13H,2,6H2. The SMILES string of the molecule is Oc1cc(Cl)ccc1C#CCCBr. The van der Waals surface area contributed by atoms with Gasteiger partial charge in [0, 0.05) is 16.8 Å². The lowest BCUT2D eigenvalue weighted by atomic mass is 10.2. The molecule has 0 aliphatic carbocycles. The van der Waals surface area contributed by atoms with Gasteiger partial charge in [-0.05, 0) is 18.2 Å². The van der Waals surface area contributed by atoms with Crippen LogP contribution in [0.5, 0.6) is 5.75 Å². The van der Waals surface area contributed by atoms with Crippen molar-refractivity contribution in [3.05, 3.63) is 28.8 Å². The van der Waals surface area contributed by atoms with Crippen molar-refractivity contribution in [2.75, 3.05) is 5.33 Å². The molecule has 0 saturated heterocycles. The lowest BCUT2D eigenvalue weighted by Crippen LogP contribution is -1.76. The lowest BCUT2D eigenvalue weighted by molar-refractivity contribution is 0.474. The topological polar surface area (TPSA) is 20.2 Å². The molecule has 68 valence electrons. The quantitative estimate of drug-likeness (QED) is 0.607. The number of hydrogen-bond acceptors (Lipinski definition) is 1. The van der Waals surface area contributed by atoms with Gasteiger partial charge in [0.2, 0.25) is 0 Å². The van der Waals surface area contributed by atoms with Crippen LogP contribution in [0, 0.1) is 11.8 Å². The fourth-order valence-electron chi connectivity index (χ4n) is 0.815. The molecule has 0 radical (unpaired) electrons. The molecular weight excluding hydrogens is 251 g/mol. The summed E-state index contributed by atoms with van der Waals surface area (Å²) >= 11 is 8.93. The van der Waals surface area contributed by atoms with E-state index >= 15 is 0 Å². The Morgan fingerprint density at radius 3 is 2.85 bits per heavy atom. The number of hydrogen-bond donors (Lipinski definition) is 1. The van der Waals surface area contributed by atoms with Crippen molar-refractivity contribution in [3.63, 3.8) is 0 Å². The molecular formula is C10H8BrClO. The summed E-state index contributed by atoms with van der Waals surface area (Å²) < 4.78 is 0. The average molecular weight is 260 g/mol. The molecule has 1 aromatic carbocycles. The number of phenolic OH excluding ortho intramolecular Hbond substituents is 1. The zero-order valence-electron chi connectivity index (χ0n) is 6.85. The monoisotopic (exact) mass is 258 g/mol. The van der Waals surface area contributed by atoms with E-state index in [1.165, 1.54) is 6.07 Å². The highest BCUT2D eigenvalue weighted by molar-refractivity contribution is 9.09. The minimum atomic E-state index is 0.134.